The van der Waals surface area contributed by atoms with E-state index in [2.05, 4.69) is 0 Å². The Bertz CT molecular complexity index is 842. The molecule has 3 rings (SSSR count). The average molecular weight is 299 g/mol. The Balaban J connectivity index is 2.23. The molecule has 0 aliphatic rings. The lowest BCUT2D eigenvalue weighted by atomic mass is 10.1. The second-order valence-corrected chi connectivity index (χ2v) is 4.75. The highest BCUT2D eigenvalue weighted by atomic mass is 16.5. The third-order valence-electron chi connectivity index (χ3n) is 3.40. The van der Waals surface area contributed by atoms with Crippen molar-refractivity contribution in [2.45, 2.75) is 0 Å². The van der Waals surface area contributed by atoms with E-state index in [4.69, 9.17) is 13.9 Å². The van der Waals surface area contributed by atoms with Crippen molar-refractivity contribution in [2.75, 3.05) is 14.2 Å². The van der Waals surface area contributed by atoms with Crippen LogP contribution in [0.1, 0.15) is 0 Å². The molecular weight excluding hydrogens is 284 g/mol. The predicted molar refractivity (Wildman–Crippen MR) is 82.5 cm³/mol. The van der Waals surface area contributed by atoms with Crippen molar-refractivity contribution < 1.29 is 24.1 Å². The van der Waals surface area contributed by atoms with Crippen LogP contribution < -0.4 is 9.47 Å². The van der Waals surface area contributed by atoms with E-state index in [1.54, 1.807) is 26.4 Å². The molecule has 0 spiro atoms. The fourth-order valence-corrected chi connectivity index (χ4v) is 2.23. The lowest BCUT2D eigenvalue weighted by Gasteiger charge is -2.03. The second-order valence-electron chi connectivity index (χ2n) is 4.75. The molecule has 5 nitrogen and oxygen atoms in total. The summed E-state index contributed by atoms with van der Waals surface area (Å²) in [5.41, 5.74) is 1.22. The third kappa shape index (κ3) is 2.37. The average Bonchev–Trinajstić information content (AvgIpc) is 2.55. The van der Waals surface area contributed by atoms with E-state index in [1.165, 1.54) is 12.1 Å². The van der Waals surface area contributed by atoms with Gasteiger partial charge in [0.25, 0.3) is 0 Å². The largest absolute Gasteiger partial charge is 0.504 e. The summed E-state index contributed by atoms with van der Waals surface area (Å²) in [7, 11) is 3.13. The highest BCUT2D eigenvalue weighted by Crippen LogP contribution is 2.38. The van der Waals surface area contributed by atoms with Crippen LogP contribution in [0.5, 0.6) is 23.0 Å². The van der Waals surface area contributed by atoms with Crippen molar-refractivity contribution in [3.05, 3.63) is 42.5 Å². The first-order chi connectivity index (χ1) is 10.6. The smallest absolute Gasteiger partial charge is 0.402 e. The summed E-state index contributed by atoms with van der Waals surface area (Å²) >= 11 is 0. The van der Waals surface area contributed by atoms with Crippen molar-refractivity contribution in [3.8, 4) is 34.3 Å². The molecule has 0 bridgehead atoms. The number of ether oxygens (including phenoxy) is 2. The van der Waals surface area contributed by atoms with E-state index in [0.717, 1.165) is 5.39 Å². The van der Waals surface area contributed by atoms with Gasteiger partial charge in [-0.05, 0) is 24.3 Å². The quantitative estimate of drug-likeness (QED) is 0.568. The zero-order chi connectivity index (χ0) is 15.7. The van der Waals surface area contributed by atoms with Gasteiger partial charge >= 0.3 is 11.3 Å². The van der Waals surface area contributed by atoms with Gasteiger partial charge in [0.15, 0.2) is 11.5 Å². The summed E-state index contributed by atoms with van der Waals surface area (Å²) in [4.78, 5) is 0. The van der Waals surface area contributed by atoms with E-state index in [9.17, 15) is 10.2 Å². The molecule has 3 aromatic rings. The minimum absolute atomic E-state index is 0.190. The van der Waals surface area contributed by atoms with Gasteiger partial charge in [-0.1, -0.05) is 0 Å². The van der Waals surface area contributed by atoms with Crippen LogP contribution in [0.4, 0.5) is 0 Å². The van der Waals surface area contributed by atoms with Crippen LogP contribution in [-0.4, -0.2) is 24.4 Å². The Morgan fingerprint density at radius 1 is 0.864 bits per heavy atom. The number of hydrogen-bond donors (Lipinski definition) is 2. The first kappa shape index (κ1) is 14.0. The number of aromatic hydroxyl groups is 2. The van der Waals surface area contributed by atoms with Crippen molar-refractivity contribution in [2.24, 2.45) is 0 Å². The summed E-state index contributed by atoms with van der Waals surface area (Å²) in [5, 5.41) is 20.0. The van der Waals surface area contributed by atoms with Crippen molar-refractivity contribution in [1.29, 1.82) is 0 Å². The van der Waals surface area contributed by atoms with Gasteiger partial charge in [0.1, 0.15) is 5.75 Å². The maximum Gasteiger partial charge on any atom is 0.402 e. The molecule has 1 heterocycles. The van der Waals surface area contributed by atoms with E-state index in [-0.39, 0.29) is 11.5 Å². The van der Waals surface area contributed by atoms with Crippen molar-refractivity contribution in [1.82, 2.24) is 0 Å². The number of benzene rings is 2. The standard InChI is InChI=1S/C17H14O5/c1-20-12-5-3-10-8-16(21-2)17(22-15(10)9-12)11-4-6-13(18)14(19)7-11/h3-9H,1-2H3,(H-,18,19)/p+1. The van der Waals surface area contributed by atoms with Gasteiger partial charge in [-0.3, -0.25) is 0 Å². The van der Waals surface area contributed by atoms with Gasteiger partial charge in [-0.25, -0.2) is 4.42 Å². The maximum absolute atomic E-state index is 9.67. The number of methoxy groups -OCH3 is 2. The molecule has 0 saturated carbocycles. The molecule has 112 valence electrons. The van der Waals surface area contributed by atoms with E-state index >= 15 is 0 Å². The van der Waals surface area contributed by atoms with Crippen LogP contribution in [0.25, 0.3) is 22.3 Å². The zero-order valence-corrected chi connectivity index (χ0v) is 12.2. The molecule has 2 aromatic carbocycles. The molecule has 2 N–H and O–H groups in total. The molecule has 0 radical (unpaired) electrons. The van der Waals surface area contributed by atoms with E-state index in [0.29, 0.717) is 28.4 Å². The lowest BCUT2D eigenvalue weighted by molar-refractivity contribution is 0.398. The summed E-state index contributed by atoms with van der Waals surface area (Å²) in [6, 6.07) is 11.8. The number of phenols is 2. The topological polar surface area (TPSA) is 70.2 Å². The first-order valence-corrected chi connectivity index (χ1v) is 6.63. The molecule has 0 fully saturated rings. The molecule has 0 aliphatic carbocycles. The van der Waals surface area contributed by atoms with Crippen LogP contribution in [0.15, 0.2) is 46.9 Å². The summed E-state index contributed by atoms with van der Waals surface area (Å²) in [6.45, 7) is 0. The number of fused-ring (bicyclic) bond motifs is 1. The Hall–Kier alpha value is -2.95. The number of rotatable bonds is 3. The molecule has 1 aromatic heterocycles. The van der Waals surface area contributed by atoms with Gasteiger partial charge in [0, 0.05) is 12.1 Å². The highest BCUT2D eigenvalue weighted by Gasteiger charge is 2.24. The molecule has 22 heavy (non-hydrogen) atoms. The van der Waals surface area contributed by atoms with Gasteiger partial charge in [0.2, 0.25) is 5.75 Å². The minimum atomic E-state index is -0.222. The molecule has 0 atom stereocenters. The minimum Gasteiger partial charge on any atom is -0.504 e. The number of phenolic OH excluding ortho intramolecular Hbond substituents is 2. The Kier molecular flexibility index (Phi) is 3.47. The molecule has 0 aliphatic heterocycles. The number of hydrogen-bond acceptors (Lipinski definition) is 4. The maximum atomic E-state index is 9.67. The SMILES string of the molecule is COc1ccc2cc(OC)c(-c3ccc(O)c(O)c3)[o+]c2c1. The van der Waals surface area contributed by atoms with Gasteiger partial charge in [-0.2, -0.15) is 0 Å². The summed E-state index contributed by atoms with van der Waals surface area (Å²) < 4.78 is 16.5. The van der Waals surface area contributed by atoms with Crippen molar-refractivity contribution in [3.63, 3.8) is 0 Å². The normalized spacial score (nSPS) is 10.6. The molecule has 0 unspecified atom stereocenters. The molecule has 5 heteroatoms. The van der Waals surface area contributed by atoms with Crippen LogP contribution in [0.3, 0.4) is 0 Å². The Morgan fingerprint density at radius 2 is 1.68 bits per heavy atom. The molecular formula is C17H15O5+. The highest BCUT2D eigenvalue weighted by molar-refractivity contribution is 5.83. The molecule has 0 saturated heterocycles. The summed E-state index contributed by atoms with van der Waals surface area (Å²) in [5.74, 6) is 1.26. The van der Waals surface area contributed by atoms with Crippen LogP contribution in [-0.2, 0) is 0 Å². The second kappa shape index (κ2) is 5.44. The van der Waals surface area contributed by atoms with Crippen molar-refractivity contribution >= 4 is 11.0 Å². The van der Waals surface area contributed by atoms with Crippen LogP contribution in [0.2, 0.25) is 0 Å². The zero-order valence-electron chi connectivity index (χ0n) is 12.2. The monoisotopic (exact) mass is 299 g/mol. The van der Waals surface area contributed by atoms with Crippen LogP contribution >= 0.6 is 0 Å². The Morgan fingerprint density at radius 3 is 2.36 bits per heavy atom. The van der Waals surface area contributed by atoms with Crippen LogP contribution in [0, 0.1) is 0 Å². The van der Waals surface area contributed by atoms with Gasteiger partial charge < -0.3 is 19.7 Å². The lowest BCUT2D eigenvalue weighted by Crippen LogP contribution is -1.90. The third-order valence-corrected chi connectivity index (χ3v) is 3.40. The fourth-order valence-electron chi connectivity index (χ4n) is 2.23. The van der Waals surface area contributed by atoms with Gasteiger partial charge in [-0.15, -0.1) is 0 Å². The Labute approximate surface area is 127 Å². The molecule has 0 amide bonds. The fraction of sp³-hybridized carbons (Fsp3) is 0.118. The predicted octanol–water partition coefficient (Wildman–Crippen LogP) is 3.81. The first-order valence-electron chi connectivity index (χ1n) is 6.63. The van der Waals surface area contributed by atoms with Gasteiger partial charge in [0.05, 0.1) is 31.2 Å². The summed E-state index contributed by atoms with van der Waals surface area (Å²) in [6.07, 6.45) is 0. The van der Waals surface area contributed by atoms with E-state index in [1.807, 2.05) is 18.2 Å². The van der Waals surface area contributed by atoms with E-state index < -0.39 is 0 Å².